The topological polar surface area (TPSA) is 74.6 Å². The van der Waals surface area contributed by atoms with Crippen LogP contribution in [-0.2, 0) is 4.74 Å². The van der Waals surface area contributed by atoms with Crippen LogP contribution in [0.25, 0.3) is 27.9 Å². The number of hydrogen-bond acceptors (Lipinski definition) is 6. The Morgan fingerprint density at radius 1 is 1.09 bits per heavy atom. The van der Waals surface area contributed by atoms with Crippen LogP contribution < -0.4 is 4.90 Å². The molecule has 0 atom stereocenters. The Balaban J connectivity index is 1.33. The second kappa shape index (κ2) is 8.60. The van der Waals surface area contributed by atoms with Crippen molar-refractivity contribution in [3.05, 3.63) is 41.3 Å². The summed E-state index contributed by atoms with van der Waals surface area (Å²) in [7, 11) is 2.28. The number of aromatic nitrogens is 5. The van der Waals surface area contributed by atoms with Gasteiger partial charge in [-0.25, -0.2) is 14.5 Å². The van der Waals surface area contributed by atoms with E-state index in [1.807, 2.05) is 4.52 Å². The molecule has 0 radical (unpaired) electrons. The van der Waals surface area contributed by atoms with Crippen LogP contribution in [0.2, 0.25) is 0 Å². The molecule has 1 N–H and O–H groups in total. The molecule has 2 aliphatic heterocycles. The lowest BCUT2D eigenvalue weighted by Crippen LogP contribution is -2.61. The summed E-state index contributed by atoms with van der Waals surface area (Å²) in [5.74, 6) is 1.40. The number of nitrogens with zero attached hydrogens (tertiary/aromatic N) is 6. The van der Waals surface area contributed by atoms with Crippen LogP contribution in [0.3, 0.4) is 0 Å². The second-order valence-corrected chi connectivity index (χ2v) is 10.5. The number of fused-ring (bicyclic) bond motifs is 2. The quantitative estimate of drug-likeness (QED) is 0.466. The number of aromatic amines is 1. The van der Waals surface area contributed by atoms with Gasteiger partial charge in [-0.3, -0.25) is 4.90 Å². The number of pyridine rings is 2. The molecule has 0 saturated carbocycles. The Kier molecular flexibility index (Phi) is 5.53. The predicted octanol–water partition coefficient (Wildman–Crippen LogP) is 4.31. The van der Waals surface area contributed by atoms with Gasteiger partial charge in [-0.1, -0.05) is 13.8 Å². The Labute approximate surface area is 206 Å². The minimum atomic E-state index is 0.330. The van der Waals surface area contributed by atoms with Crippen molar-refractivity contribution in [2.24, 2.45) is 0 Å². The maximum absolute atomic E-state index is 5.55. The van der Waals surface area contributed by atoms with E-state index in [0.29, 0.717) is 18.0 Å². The molecule has 4 aromatic rings. The summed E-state index contributed by atoms with van der Waals surface area (Å²) in [5.41, 5.74) is 9.00. The predicted molar refractivity (Wildman–Crippen MR) is 139 cm³/mol. The molecular formula is C27H35N7O. The number of hydrogen-bond donors (Lipinski definition) is 1. The molecule has 0 bridgehead atoms. The fourth-order valence-corrected chi connectivity index (χ4v) is 5.77. The third-order valence-corrected chi connectivity index (χ3v) is 8.17. The van der Waals surface area contributed by atoms with Gasteiger partial charge in [0.15, 0.2) is 5.65 Å². The molecule has 6 rings (SSSR count). The number of aryl methyl sites for hydroxylation is 1. The average Bonchev–Trinajstić information content (AvgIpc) is 3.45. The smallest absolute Gasteiger partial charge is 0.158 e. The standard InChI is InChI=1S/C27H35N7O/c1-16(2)24-25(21-14-34-27(28-15-29-34)18(4)17(21)3)30-22-6-7-23(31-26(22)24)33-12-20(13-33)32(5)19-8-10-35-11-9-19/h6-7,14-16,19-20,30H,8-13H2,1-5H3. The Morgan fingerprint density at radius 2 is 1.86 bits per heavy atom. The zero-order chi connectivity index (χ0) is 24.3. The maximum atomic E-state index is 5.55. The fraction of sp³-hybridized carbons (Fsp3) is 0.519. The minimum Gasteiger partial charge on any atom is -0.381 e. The zero-order valence-corrected chi connectivity index (χ0v) is 21.4. The van der Waals surface area contributed by atoms with Crippen LogP contribution in [0, 0.1) is 13.8 Å². The van der Waals surface area contributed by atoms with Gasteiger partial charge in [0.25, 0.3) is 0 Å². The fourth-order valence-electron chi connectivity index (χ4n) is 5.77. The largest absolute Gasteiger partial charge is 0.381 e. The van der Waals surface area contributed by atoms with E-state index in [0.717, 1.165) is 78.5 Å². The van der Waals surface area contributed by atoms with Crippen LogP contribution >= 0.6 is 0 Å². The van der Waals surface area contributed by atoms with Gasteiger partial charge in [0.1, 0.15) is 12.1 Å². The third-order valence-electron chi connectivity index (χ3n) is 8.17. The van der Waals surface area contributed by atoms with Gasteiger partial charge in [0, 0.05) is 55.7 Å². The monoisotopic (exact) mass is 473 g/mol. The average molecular weight is 474 g/mol. The lowest BCUT2D eigenvalue weighted by atomic mass is 9.95. The van der Waals surface area contributed by atoms with Gasteiger partial charge < -0.3 is 14.6 Å². The SMILES string of the molecule is Cc1c(-c2[nH]c3ccc(N4CC(N(C)C5CCOCC5)C4)nc3c2C(C)C)cn2ncnc2c1C. The molecule has 2 aliphatic rings. The molecule has 0 aromatic carbocycles. The number of likely N-dealkylation sites (N-methyl/N-ethyl adjacent to an activating group) is 1. The molecule has 2 fully saturated rings. The Hall–Kier alpha value is -2.97. The Morgan fingerprint density at radius 3 is 2.60 bits per heavy atom. The summed E-state index contributed by atoms with van der Waals surface area (Å²) in [6.45, 7) is 12.6. The van der Waals surface area contributed by atoms with Crippen molar-refractivity contribution in [3.63, 3.8) is 0 Å². The van der Waals surface area contributed by atoms with Crippen LogP contribution in [0.15, 0.2) is 24.7 Å². The number of anilines is 1. The second-order valence-electron chi connectivity index (χ2n) is 10.5. The number of rotatable bonds is 5. The molecule has 0 amide bonds. The lowest BCUT2D eigenvalue weighted by Gasteiger charge is -2.48. The van der Waals surface area contributed by atoms with Gasteiger partial charge in [0.05, 0.1) is 16.7 Å². The Bertz CT molecular complexity index is 1380. The van der Waals surface area contributed by atoms with Crippen molar-refractivity contribution in [3.8, 4) is 11.3 Å². The molecule has 0 spiro atoms. The van der Waals surface area contributed by atoms with E-state index in [1.165, 1.54) is 11.1 Å². The minimum absolute atomic E-state index is 0.330. The van der Waals surface area contributed by atoms with E-state index in [4.69, 9.17) is 9.72 Å². The molecule has 35 heavy (non-hydrogen) atoms. The highest BCUT2D eigenvalue weighted by atomic mass is 16.5. The van der Waals surface area contributed by atoms with Crippen molar-refractivity contribution in [1.82, 2.24) is 29.5 Å². The van der Waals surface area contributed by atoms with Crippen LogP contribution in [-0.4, -0.2) is 74.9 Å². The van der Waals surface area contributed by atoms with Crippen molar-refractivity contribution in [1.29, 1.82) is 0 Å². The van der Waals surface area contributed by atoms with E-state index in [-0.39, 0.29) is 0 Å². The van der Waals surface area contributed by atoms with Gasteiger partial charge in [-0.2, -0.15) is 5.10 Å². The summed E-state index contributed by atoms with van der Waals surface area (Å²) >= 11 is 0. The molecule has 8 heteroatoms. The van der Waals surface area contributed by atoms with E-state index < -0.39 is 0 Å². The number of H-pyrrole nitrogens is 1. The summed E-state index contributed by atoms with van der Waals surface area (Å²) in [6, 6.07) is 5.58. The first-order valence-corrected chi connectivity index (χ1v) is 12.8. The maximum Gasteiger partial charge on any atom is 0.158 e. The van der Waals surface area contributed by atoms with Crippen molar-refractivity contribution in [2.75, 3.05) is 38.3 Å². The molecule has 0 unspecified atom stereocenters. The molecule has 184 valence electrons. The summed E-state index contributed by atoms with van der Waals surface area (Å²) < 4.78 is 7.43. The van der Waals surface area contributed by atoms with Crippen LogP contribution in [0.4, 0.5) is 5.82 Å². The molecule has 2 saturated heterocycles. The summed E-state index contributed by atoms with van der Waals surface area (Å²) in [6.07, 6.45) is 5.99. The molecule has 0 aliphatic carbocycles. The van der Waals surface area contributed by atoms with Crippen molar-refractivity contribution < 1.29 is 4.74 Å². The van der Waals surface area contributed by atoms with E-state index in [9.17, 15) is 0 Å². The van der Waals surface area contributed by atoms with Crippen LogP contribution in [0.1, 0.15) is 49.3 Å². The summed E-state index contributed by atoms with van der Waals surface area (Å²) in [4.78, 5) is 18.3. The zero-order valence-electron chi connectivity index (χ0n) is 21.4. The van der Waals surface area contributed by atoms with Crippen LogP contribution in [0.5, 0.6) is 0 Å². The van der Waals surface area contributed by atoms with Gasteiger partial charge in [-0.05, 0) is 62.9 Å². The first-order valence-electron chi connectivity index (χ1n) is 12.8. The first kappa shape index (κ1) is 22.5. The highest BCUT2D eigenvalue weighted by molar-refractivity contribution is 5.90. The first-order chi connectivity index (χ1) is 16.9. The molecule has 8 nitrogen and oxygen atoms in total. The van der Waals surface area contributed by atoms with Gasteiger partial charge in [0.2, 0.25) is 0 Å². The van der Waals surface area contributed by atoms with Crippen molar-refractivity contribution >= 4 is 22.5 Å². The molecule has 6 heterocycles. The van der Waals surface area contributed by atoms with E-state index >= 15 is 0 Å². The number of ether oxygens (including phenoxy) is 1. The highest BCUT2D eigenvalue weighted by Crippen LogP contribution is 2.38. The van der Waals surface area contributed by atoms with Gasteiger partial charge >= 0.3 is 0 Å². The molecule has 4 aromatic heterocycles. The van der Waals surface area contributed by atoms with Gasteiger partial charge in [-0.15, -0.1) is 0 Å². The molecular weight excluding hydrogens is 438 g/mol. The highest BCUT2D eigenvalue weighted by Gasteiger charge is 2.35. The summed E-state index contributed by atoms with van der Waals surface area (Å²) in [5, 5.41) is 4.40. The lowest BCUT2D eigenvalue weighted by molar-refractivity contribution is 0.0236. The van der Waals surface area contributed by atoms with E-state index in [1.54, 1.807) is 6.33 Å². The van der Waals surface area contributed by atoms with Crippen molar-refractivity contribution in [2.45, 2.75) is 58.5 Å². The third kappa shape index (κ3) is 3.70. The van der Waals surface area contributed by atoms with E-state index in [2.05, 4.69) is 77.9 Å². The normalized spacial score (nSPS) is 17.9. The number of nitrogens with one attached hydrogen (secondary N) is 1.